The van der Waals surface area contributed by atoms with Gasteiger partial charge < -0.3 is 5.73 Å². The van der Waals surface area contributed by atoms with Crippen molar-refractivity contribution in [2.24, 2.45) is 5.73 Å². The first kappa shape index (κ1) is 33.3. The second-order valence-corrected chi connectivity index (χ2v) is 13.7. The predicted molar refractivity (Wildman–Crippen MR) is 164 cm³/mol. The van der Waals surface area contributed by atoms with Crippen LogP contribution in [0.3, 0.4) is 0 Å². The van der Waals surface area contributed by atoms with E-state index in [0.29, 0.717) is 6.07 Å². The molecule has 0 radical (unpaired) electrons. The zero-order valence-electron chi connectivity index (χ0n) is 23.6. The Morgan fingerprint density at radius 2 is 1.72 bits per heavy atom. The first-order chi connectivity index (χ1) is 21.5. The fourth-order valence-corrected chi connectivity index (χ4v) is 7.74. The fourth-order valence-electron chi connectivity index (χ4n) is 5.52. The number of aryl methyl sites for hydroxylation is 1. The fraction of sp³-hybridized carbons (Fsp3) is 0.156. The van der Waals surface area contributed by atoms with Gasteiger partial charge in [0, 0.05) is 33.9 Å². The molecule has 0 aliphatic carbocycles. The average molecular weight is 740 g/mol. The van der Waals surface area contributed by atoms with Crippen molar-refractivity contribution in [3.8, 4) is 11.1 Å². The van der Waals surface area contributed by atoms with Crippen molar-refractivity contribution in [2.45, 2.75) is 30.3 Å². The van der Waals surface area contributed by atoms with E-state index in [-0.39, 0.29) is 48.4 Å². The number of hydrogen-bond acceptors (Lipinski definition) is 4. The minimum Gasteiger partial charge on any atom is -0.366 e. The average Bonchev–Trinajstić information content (AvgIpc) is 3.14. The maximum atomic E-state index is 15.8. The van der Waals surface area contributed by atoms with Crippen molar-refractivity contribution in [1.82, 2.24) is 4.31 Å². The number of nitrogens with zero attached hydrogens (tertiary/aromatic N) is 1. The number of carbonyl (C=O) groups excluding carboxylic acids is 2. The summed E-state index contributed by atoms with van der Waals surface area (Å²) in [6.07, 6.45) is -5.43. The van der Waals surface area contributed by atoms with Crippen LogP contribution in [0, 0.1) is 18.6 Å². The molecule has 5 rings (SSSR count). The van der Waals surface area contributed by atoms with E-state index in [1.165, 1.54) is 30.3 Å². The summed E-state index contributed by atoms with van der Waals surface area (Å²) in [5.41, 5.74) is 3.13. The van der Waals surface area contributed by atoms with Crippen LogP contribution in [-0.4, -0.2) is 31.1 Å². The van der Waals surface area contributed by atoms with Crippen molar-refractivity contribution in [1.29, 1.82) is 0 Å². The van der Waals surface area contributed by atoms with E-state index in [4.69, 9.17) is 17.3 Å². The number of hydrogen-bond donors (Lipinski definition) is 1. The molecule has 14 heteroatoms. The van der Waals surface area contributed by atoms with Crippen molar-refractivity contribution >= 4 is 49.4 Å². The summed E-state index contributed by atoms with van der Waals surface area (Å²) < 4.78 is 101. The van der Waals surface area contributed by atoms with Crippen molar-refractivity contribution in [2.75, 3.05) is 6.54 Å². The lowest BCUT2D eigenvalue weighted by atomic mass is 9.81. The molecule has 0 saturated carbocycles. The zero-order chi connectivity index (χ0) is 33.7. The Balaban J connectivity index is 1.87. The van der Waals surface area contributed by atoms with E-state index in [9.17, 15) is 35.6 Å². The minimum absolute atomic E-state index is 0.0238. The summed E-state index contributed by atoms with van der Waals surface area (Å²) in [6.45, 7) is 1.16. The summed E-state index contributed by atoms with van der Waals surface area (Å²) in [6, 6.07) is 12.5. The zero-order valence-corrected chi connectivity index (χ0v) is 26.7. The Morgan fingerprint density at radius 3 is 2.33 bits per heavy atom. The second kappa shape index (κ2) is 12.3. The van der Waals surface area contributed by atoms with Gasteiger partial charge in [-0.05, 0) is 83.8 Å². The summed E-state index contributed by atoms with van der Waals surface area (Å²) in [7, 11) is -4.47. The van der Waals surface area contributed by atoms with Gasteiger partial charge in [-0.15, -0.1) is 0 Å². The number of nitrogens with two attached hydrogens (primary N) is 1. The molecule has 1 unspecified atom stereocenters. The molecule has 2 N–H and O–H groups in total. The number of allylic oxidation sites excluding steroid dienone is 1. The van der Waals surface area contributed by atoms with Crippen molar-refractivity contribution in [3.05, 3.63) is 127 Å². The minimum atomic E-state index is -5.02. The molecule has 4 aromatic rings. The van der Waals surface area contributed by atoms with E-state index in [1.54, 1.807) is 25.0 Å². The number of benzene rings is 4. The molecule has 4 aromatic carbocycles. The molecule has 0 saturated heterocycles. The third-order valence-electron chi connectivity index (χ3n) is 7.60. The van der Waals surface area contributed by atoms with Crippen LogP contribution in [0.5, 0.6) is 0 Å². The molecule has 1 aliphatic rings. The van der Waals surface area contributed by atoms with Gasteiger partial charge in [-0.25, -0.2) is 22.0 Å². The van der Waals surface area contributed by atoms with E-state index in [1.807, 2.05) is 0 Å². The maximum Gasteiger partial charge on any atom is 0.416 e. The number of halogens is 7. The van der Waals surface area contributed by atoms with Gasteiger partial charge in [0.15, 0.2) is 0 Å². The van der Waals surface area contributed by atoms with Gasteiger partial charge in [-0.3, -0.25) is 9.10 Å². The van der Waals surface area contributed by atoms with Crippen LogP contribution in [0.15, 0.2) is 81.8 Å². The predicted octanol–water partition coefficient (Wildman–Crippen LogP) is 7.57. The van der Waals surface area contributed by atoms with Gasteiger partial charge >= 0.3 is 6.18 Å². The molecular weight excluding hydrogens is 719 g/mol. The van der Waals surface area contributed by atoms with Crippen LogP contribution in [0.2, 0.25) is 5.02 Å². The standard InChI is InChI=1S/C32H21BrClF5N2O4S/c1-16-2-5-22(6-3-16)46(44,45)41-14-26(23-13-20(35)4-7-27(23)34)29-17(9-21(41)15-42)8-19(33)12-24(29)30-25(31(40)43)10-18(11-28(30)36)32(37,38)39/h2-8,10-13,26H,9,14H2,1H3,(H2,40,43). The molecule has 0 fully saturated rings. The highest BCUT2D eigenvalue weighted by atomic mass is 79.9. The number of carbonyl (C=O) groups is 1. The van der Waals surface area contributed by atoms with Crippen LogP contribution in [0.4, 0.5) is 22.0 Å². The van der Waals surface area contributed by atoms with E-state index < -0.39 is 69.3 Å². The van der Waals surface area contributed by atoms with Crippen LogP contribution in [0.25, 0.3) is 11.1 Å². The van der Waals surface area contributed by atoms with Crippen molar-refractivity contribution < 1.29 is 40.0 Å². The topological polar surface area (TPSA) is 97.5 Å². The quantitative estimate of drug-likeness (QED) is 0.169. The number of amides is 1. The molecule has 1 amide bonds. The largest absolute Gasteiger partial charge is 0.416 e. The smallest absolute Gasteiger partial charge is 0.366 e. The lowest BCUT2D eigenvalue weighted by molar-refractivity contribution is -0.137. The van der Waals surface area contributed by atoms with E-state index in [2.05, 4.69) is 15.9 Å². The Bertz CT molecular complexity index is 2060. The summed E-state index contributed by atoms with van der Waals surface area (Å²) >= 11 is 9.82. The lowest BCUT2D eigenvalue weighted by Crippen LogP contribution is -2.34. The third-order valence-corrected chi connectivity index (χ3v) is 10.2. The summed E-state index contributed by atoms with van der Waals surface area (Å²) in [4.78, 5) is 24.8. The Morgan fingerprint density at radius 1 is 1.04 bits per heavy atom. The molecule has 46 heavy (non-hydrogen) atoms. The Hall–Kier alpha value is -4.03. The number of primary amides is 1. The molecule has 238 valence electrons. The Labute approximate surface area is 273 Å². The monoisotopic (exact) mass is 738 g/mol. The van der Waals surface area contributed by atoms with Crippen LogP contribution in [0.1, 0.15) is 44.1 Å². The number of fused-ring (bicyclic) bond motifs is 1. The van der Waals surface area contributed by atoms with Crippen LogP contribution in [-0.2, 0) is 27.4 Å². The first-order valence-electron chi connectivity index (χ1n) is 13.3. The molecule has 1 heterocycles. The molecule has 1 aliphatic heterocycles. The molecular formula is C32H21BrClF5N2O4S. The second-order valence-electron chi connectivity index (χ2n) is 10.6. The normalized spacial score (nSPS) is 15.3. The molecule has 1 atom stereocenters. The van der Waals surface area contributed by atoms with Gasteiger partial charge in [-0.2, -0.15) is 13.2 Å². The molecule has 0 aromatic heterocycles. The molecule has 6 nitrogen and oxygen atoms in total. The SMILES string of the molecule is Cc1ccc(S(=O)(=O)N2CC(c3cc(F)ccc3Cl)c3c(cc(Br)cc3-c3c(F)cc(C(F)(F)F)cc3C(N)=O)CC2=C=O)cc1. The highest BCUT2D eigenvalue weighted by Crippen LogP contribution is 2.46. The molecule has 0 spiro atoms. The Kier molecular flexibility index (Phi) is 8.91. The van der Waals surface area contributed by atoms with Crippen LogP contribution < -0.4 is 5.73 Å². The van der Waals surface area contributed by atoms with Gasteiger partial charge in [0.05, 0.1) is 16.0 Å². The van der Waals surface area contributed by atoms with Gasteiger partial charge in [0.1, 0.15) is 23.3 Å². The first-order valence-corrected chi connectivity index (χ1v) is 16.0. The van der Waals surface area contributed by atoms with Crippen molar-refractivity contribution in [3.63, 3.8) is 0 Å². The maximum absolute atomic E-state index is 15.8. The van der Waals surface area contributed by atoms with E-state index in [0.717, 1.165) is 22.0 Å². The molecule has 0 bridgehead atoms. The highest BCUT2D eigenvalue weighted by molar-refractivity contribution is 9.10. The van der Waals surface area contributed by atoms with Gasteiger partial charge in [0.2, 0.25) is 5.91 Å². The number of alkyl halides is 3. The van der Waals surface area contributed by atoms with Gasteiger partial charge in [-0.1, -0.05) is 45.2 Å². The summed E-state index contributed by atoms with van der Waals surface area (Å²) in [5, 5.41) is -0.0274. The van der Waals surface area contributed by atoms with E-state index >= 15 is 4.39 Å². The lowest BCUT2D eigenvalue weighted by Gasteiger charge is -2.28. The summed E-state index contributed by atoms with van der Waals surface area (Å²) in [5.74, 6) is -3.16. The third kappa shape index (κ3) is 6.20. The number of sulfonamides is 1. The highest BCUT2D eigenvalue weighted by Gasteiger charge is 2.39. The van der Waals surface area contributed by atoms with Crippen LogP contribution >= 0.6 is 27.5 Å². The van der Waals surface area contributed by atoms with Gasteiger partial charge in [0.25, 0.3) is 10.0 Å². The number of rotatable bonds is 5.